The van der Waals surface area contributed by atoms with Gasteiger partial charge >= 0.3 is 0 Å². The van der Waals surface area contributed by atoms with E-state index < -0.39 is 0 Å². The third-order valence-corrected chi connectivity index (χ3v) is 3.11. The largest absolute Gasteiger partial charge is 0.392 e. The number of hydrogen-bond acceptors (Lipinski definition) is 1. The number of aliphatic hydroxyl groups excluding tert-OH is 1. The summed E-state index contributed by atoms with van der Waals surface area (Å²) in [5, 5.41) is 9.97. The second-order valence-corrected chi connectivity index (χ2v) is 4.62. The van der Waals surface area contributed by atoms with Crippen LogP contribution in [0.5, 0.6) is 0 Å². The summed E-state index contributed by atoms with van der Waals surface area (Å²) in [5.41, 5.74) is 2.58. The maximum atomic E-state index is 9.97. The summed E-state index contributed by atoms with van der Waals surface area (Å²) in [5.74, 6) is 0.529. The zero-order valence-corrected chi connectivity index (χ0v) is 10.2. The first-order valence-electron chi connectivity index (χ1n) is 5.83. The highest BCUT2D eigenvalue weighted by Crippen LogP contribution is 2.24. The summed E-state index contributed by atoms with van der Waals surface area (Å²) in [6.07, 6.45) is 0.818. The van der Waals surface area contributed by atoms with Gasteiger partial charge in [0.1, 0.15) is 0 Å². The molecule has 0 aliphatic carbocycles. The molecule has 0 bridgehead atoms. The number of aryl methyl sites for hydroxylation is 1. The van der Waals surface area contributed by atoms with Crippen LogP contribution in [0, 0.1) is 5.92 Å². The molecule has 0 saturated heterocycles. The topological polar surface area (TPSA) is 20.2 Å². The van der Waals surface area contributed by atoms with Gasteiger partial charge in [0.2, 0.25) is 0 Å². The summed E-state index contributed by atoms with van der Waals surface area (Å²) < 4.78 is 0. The SMILES string of the molecule is CCc1ccc(C(C)C(O)C(C)C)cc1. The zero-order valence-electron chi connectivity index (χ0n) is 10.2. The predicted molar refractivity (Wildman–Crippen MR) is 65.1 cm³/mol. The molecular formula is C14H22O. The first-order chi connectivity index (χ1) is 7.06. The van der Waals surface area contributed by atoms with Crippen molar-refractivity contribution in [2.24, 2.45) is 5.92 Å². The first-order valence-corrected chi connectivity index (χ1v) is 5.83. The van der Waals surface area contributed by atoms with Crippen LogP contribution in [0.1, 0.15) is 44.7 Å². The molecule has 1 rings (SSSR count). The smallest absolute Gasteiger partial charge is 0.0628 e. The molecule has 0 spiro atoms. The maximum Gasteiger partial charge on any atom is 0.0628 e. The van der Waals surface area contributed by atoms with Crippen LogP contribution in [0.2, 0.25) is 0 Å². The van der Waals surface area contributed by atoms with Gasteiger partial charge in [-0.15, -0.1) is 0 Å². The monoisotopic (exact) mass is 206 g/mol. The van der Waals surface area contributed by atoms with Gasteiger partial charge in [0, 0.05) is 5.92 Å². The molecule has 0 radical (unpaired) electrons. The molecule has 1 aromatic carbocycles. The van der Waals surface area contributed by atoms with E-state index in [0.29, 0.717) is 5.92 Å². The van der Waals surface area contributed by atoms with Gasteiger partial charge in [0.05, 0.1) is 6.10 Å². The highest BCUT2D eigenvalue weighted by atomic mass is 16.3. The minimum Gasteiger partial charge on any atom is -0.392 e. The fraction of sp³-hybridized carbons (Fsp3) is 0.571. The Morgan fingerprint density at radius 1 is 1.07 bits per heavy atom. The van der Waals surface area contributed by atoms with Crippen molar-refractivity contribution in [3.63, 3.8) is 0 Å². The molecule has 1 N–H and O–H groups in total. The second-order valence-electron chi connectivity index (χ2n) is 4.62. The summed E-state index contributed by atoms with van der Waals surface area (Å²) >= 11 is 0. The summed E-state index contributed by atoms with van der Waals surface area (Å²) in [4.78, 5) is 0. The van der Waals surface area contributed by atoms with E-state index in [1.54, 1.807) is 0 Å². The normalized spacial score (nSPS) is 15.3. The average Bonchev–Trinajstić information content (AvgIpc) is 2.27. The van der Waals surface area contributed by atoms with Gasteiger partial charge < -0.3 is 5.11 Å². The van der Waals surface area contributed by atoms with Crippen molar-refractivity contribution in [3.8, 4) is 0 Å². The molecule has 0 fully saturated rings. The molecule has 0 saturated carbocycles. The molecule has 1 aromatic rings. The van der Waals surface area contributed by atoms with E-state index in [0.717, 1.165) is 6.42 Å². The third-order valence-electron chi connectivity index (χ3n) is 3.11. The standard InChI is InChI=1S/C14H22O/c1-5-12-6-8-13(9-7-12)11(4)14(15)10(2)3/h6-11,14-15H,5H2,1-4H3. The zero-order chi connectivity index (χ0) is 11.4. The first kappa shape index (κ1) is 12.3. The molecule has 2 unspecified atom stereocenters. The van der Waals surface area contributed by atoms with Crippen molar-refractivity contribution in [1.82, 2.24) is 0 Å². The molecular weight excluding hydrogens is 184 g/mol. The fourth-order valence-electron chi connectivity index (χ4n) is 1.83. The van der Waals surface area contributed by atoms with Crippen LogP contribution in [0.15, 0.2) is 24.3 Å². The molecule has 0 aliphatic rings. The molecule has 0 aromatic heterocycles. The van der Waals surface area contributed by atoms with Crippen molar-refractivity contribution in [2.45, 2.75) is 46.1 Å². The summed E-state index contributed by atoms with van der Waals surface area (Å²) in [7, 11) is 0. The van der Waals surface area contributed by atoms with E-state index in [2.05, 4.69) is 52.0 Å². The van der Waals surface area contributed by atoms with Crippen LogP contribution in [-0.4, -0.2) is 11.2 Å². The maximum absolute atomic E-state index is 9.97. The van der Waals surface area contributed by atoms with Crippen LogP contribution in [0.3, 0.4) is 0 Å². The second kappa shape index (κ2) is 5.32. The Bertz CT molecular complexity index is 287. The summed E-state index contributed by atoms with van der Waals surface area (Å²) in [6, 6.07) is 8.57. The van der Waals surface area contributed by atoms with Gasteiger partial charge in [-0.2, -0.15) is 0 Å². The van der Waals surface area contributed by atoms with Crippen molar-refractivity contribution in [2.75, 3.05) is 0 Å². The highest BCUT2D eigenvalue weighted by molar-refractivity contribution is 5.25. The van der Waals surface area contributed by atoms with E-state index >= 15 is 0 Å². The number of hydrogen-bond donors (Lipinski definition) is 1. The molecule has 0 amide bonds. The quantitative estimate of drug-likeness (QED) is 0.800. The number of benzene rings is 1. The Balaban J connectivity index is 2.78. The van der Waals surface area contributed by atoms with Gasteiger partial charge in [-0.3, -0.25) is 0 Å². The van der Waals surface area contributed by atoms with E-state index in [1.807, 2.05) is 0 Å². The van der Waals surface area contributed by atoms with Crippen molar-refractivity contribution < 1.29 is 5.11 Å². The lowest BCUT2D eigenvalue weighted by Gasteiger charge is -2.22. The Hall–Kier alpha value is -0.820. The lowest BCUT2D eigenvalue weighted by atomic mass is 9.88. The minimum absolute atomic E-state index is 0.218. The molecule has 1 nitrogen and oxygen atoms in total. The van der Waals surface area contributed by atoms with Crippen molar-refractivity contribution >= 4 is 0 Å². The summed E-state index contributed by atoms with van der Waals surface area (Å²) in [6.45, 7) is 8.36. The van der Waals surface area contributed by atoms with Crippen molar-refractivity contribution in [3.05, 3.63) is 35.4 Å². The lowest BCUT2D eigenvalue weighted by Crippen LogP contribution is -2.21. The Morgan fingerprint density at radius 2 is 1.60 bits per heavy atom. The predicted octanol–water partition coefficient (Wildman–Crippen LogP) is 3.37. The van der Waals surface area contributed by atoms with Crippen LogP contribution in [0.4, 0.5) is 0 Å². The van der Waals surface area contributed by atoms with Crippen LogP contribution in [0.25, 0.3) is 0 Å². The molecule has 0 aliphatic heterocycles. The highest BCUT2D eigenvalue weighted by Gasteiger charge is 2.18. The van der Waals surface area contributed by atoms with Crippen LogP contribution in [-0.2, 0) is 6.42 Å². The molecule has 1 heteroatoms. The molecule has 0 heterocycles. The number of aliphatic hydroxyl groups is 1. The molecule has 15 heavy (non-hydrogen) atoms. The molecule has 84 valence electrons. The lowest BCUT2D eigenvalue weighted by molar-refractivity contribution is 0.102. The molecule has 2 atom stereocenters. The van der Waals surface area contributed by atoms with E-state index in [4.69, 9.17) is 0 Å². The van der Waals surface area contributed by atoms with Crippen LogP contribution >= 0.6 is 0 Å². The van der Waals surface area contributed by atoms with Gasteiger partial charge in [0.15, 0.2) is 0 Å². The Morgan fingerprint density at radius 3 is 2.00 bits per heavy atom. The van der Waals surface area contributed by atoms with Gasteiger partial charge in [-0.1, -0.05) is 52.0 Å². The van der Waals surface area contributed by atoms with Crippen LogP contribution < -0.4 is 0 Å². The number of rotatable bonds is 4. The Kier molecular flexibility index (Phi) is 4.34. The van der Waals surface area contributed by atoms with E-state index in [9.17, 15) is 5.11 Å². The van der Waals surface area contributed by atoms with Crippen molar-refractivity contribution in [1.29, 1.82) is 0 Å². The van der Waals surface area contributed by atoms with Gasteiger partial charge in [-0.05, 0) is 23.5 Å². The van der Waals surface area contributed by atoms with Gasteiger partial charge in [0.25, 0.3) is 0 Å². The van der Waals surface area contributed by atoms with E-state index in [-0.39, 0.29) is 12.0 Å². The fourth-order valence-corrected chi connectivity index (χ4v) is 1.83. The third kappa shape index (κ3) is 3.07. The van der Waals surface area contributed by atoms with Gasteiger partial charge in [-0.25, -0.2) is 0 Å². The minimum atomic E-state index is -0.252. The van der Waals surface area contributed by atoms with E-state index in [1.165, 1.54) is 11.1 Å². The average molecular weight is 206 g/mol. The Labute approximate surface area is 93.1 Å².